The highest BCUT2D eigenvalue weighted by molar-refractivity contribution is 5.87. The maximum absolute atomic E-state index is 11.5. The molecule has 3 amide bonds. The van der Waals surface area contributed by atoms with Crippen molar-refractivity contribution < 1.29 is 19.5 Å². The number of primary amides is 1. The monoisotopic (exact) mass is 281 g/mol. The van der Waals surface area contributed by atoms with E-state index in [0.717, 1.165) is 0 Å². The summed E-state index contributed by atoms with van der Waals surface area (Å²) >= 11 is 0. The Hall–Kier alpha value is -2.71. The second-order valence-electron chi connectivity index (χ2n) is 3.98. The Bertz CT molecular complexity index is 519. The van der Waals surface area contributed by atoms with Crippen LogP contribution in [0, 0.1) is 6.92 Å². The van der Waals surface area contributed by atoms with E-state index in [2.05, 4.69) is 20.6 Å². The maximum Gasteiger partial charge on any atom is 0.326 e. The van der Waals surface area contributed by atoms with Crippen molar-refractivity contribution in [3.63, 3.8) is 0 Å². The average Bonchev–Trinajstić information content (AvgIpc) is 2.35. The minimum atomic E-state index is -1.36. The van der Waals surface area contributed by atoms with Gasteiger partial charge >= 0.3 is 12.0 Å². The molecule has 1 rings (SSSR count). The number of aryl methyl sites for hydroxylation is 1. The van der Waals surface area contributed by atoms with Crippen molar-refractivity contribution in [2.24, 2.45) is 5.73 Å². The maximum atomic E-state index is 11.5. The molecule has 0 aliphatic heterocycles. The quantitative estimate of drug-likeness (QED) is 0.521. The Labute approximate surface area is 114 Å². The molecule has 0 aliphatic rings. The van der Waals surface area contributed by atoms with Gasteiger partial charge in [-0.3, -0.25) is 4.79 Å². The molecule has 20 heavy (non-hydrogen) atoms. The second-order valence-corrected chi connectivity index (χ2v) is 3.98. The first-order valence-corrected chi connectivity index (χ1v) is 5.72. The molecule has 5 N–H and O–H groups in total. The number of carboxylic acids is 1. The largest absolute Gasteiger partial charge is 0.480 e. The van der Waals surface area contributed by atoms with Gasteiger partial charge in [0.2, 0.25) is 5.91 Å². The summed E-state index contributed by atoms with van der Waals surface area (Å²) in [7, 11) is 0. The number of hydrogen-bond donors (Lipinski definition) is 4. The van der Waals surface area contributed by atoms with Gasteiger partial charge in [-0.15, -0.1) is 0 Å². The van der Waals surface area contributed by atoms with Gasteiger partial charge in [-0.2, -0.15) is 0 Å². The molecule has 108 valence electrons. The average molecular weight is 281 g/mol. The molecule has 0 bridgehead atoms. The van der Waals surface area contributed by atoms with Gasteiger partial charge in [0.25, 0.3) is 0 Å². The van der Waals surface area contributed by atoms with E-state index in [-0.39, 0.29) is 6.54 Å². The van der Waals surface area contributed by atoms with Crippen LogP contribution in [0.4, 0.5) is 4.79 Å². The summed E-state index contributed by atoms with van der Waals surface area (Å²) in [4.78, 5) is 41.0. The molecule has 9 nitrogen and oxygen atoms in total. The zero-order valence-electron chi connectivity index (χ0n) is 10.8. The number of nitrogens with zero attached hydrogens (tertiary/aromatic N) is 2. The minimum Gasteiger partial charge on any atom is -0.480 e. The van der Waals surface area contributed by atoms with Crippen LogP contribution in [0.25, 0.3) is 0 Å². The molecule has 0 aliphatic carbocycles. The predicted molar refractivity (Wildman–Crippen MR) is 67.4 cm³/mol. The lowest BCUT2D eigenvalue weighted by Crippen LogP contribution is -2.47. The van der Waals surface area contributed by atoms with Gasteiger partial charge in [-0.25, -0.2) is 19.6 Å². The lowest BCUT2D eigenvalue weighted by atomic mass is 10.2. The van der Waals surface area contributed by atoms with E-state index >= 15 is 0 Å². The van der Waals surface area contributed by atoms with Crippen molar-refractivity contribution in [3.8, 4) is 0 Å². The first-order chi connectivity index (χ1) is 9.38. The van der Waals surface area contributed by atoms with Crippen LogP contribution in [-0.2, 0) is 16.1 Å². The number of hydrogen-bond acceptors (Lipinski definition) is 5. The predicted octanol–water partition coefficient (Wildman–Crippen LogP) is -1.09. The fourth-order valence-corrected chi connectivity index (χ4v) is 1.38. The van der Waals surface area contributed by atoms with E-state index in [1.165, 1.54) is 0 Å². The van der Waals surface area contributed by atoms with Gasteiger partial charge in [0.15, 0.2) is 0 Å². The lowest BCUT2D eigenvalue weighted by molar-refractivity contribution is -0.140. The number of carbonyl (C=O) groups excluding carboxylic acids is 2. The molecular weight excluding hydrogens is 266 g/mol. The summed E-state index contributed by atoms with van der Waals surface area (Å²) in [6.45, 7) is 1.81. The summed E-state index contributed by atoms with van der Waals surface area (Å²) in [6, 6.07) is -0.472. The van der Waals surface area contributed by atoms with Gasteiger partial charge < -0.3 is 21.5 Å². The van der Waals surface area contributed by atoms with Crippen molar-refractivity contribution in [2.45, 2.75) is 25.9 Å². The lowest BCUT2D eigenvalue weighted by Gasteiger charge is -2.13. The van der Waals surface area contributed by atoms with Gasteiger partial charge in [0, 0.05) is 6.20 Å². The number of amides is 3. The molecule has 1 heterocycles. The van der Waals surface area contributed by atoms with E-state index in [1.54, 1.807) is 19.2 Å². The Morgan fingerprint density at radius 2 is 2.15 bits per heavy atom. The van der Waals surface area contributed by atoms with E-state index in [4.69, 9.17) is 10.8 Å². The highest BCUT2D eigenvalue weighted by Gasteiger charge is 2.21. The molecule has 0 saturated carbocycles. The van der Waals surface area contributed by atoms with Crippen LogP contribution < -0.4 is 16.4 Å². The van der Waals surface area contributed by atoms with Crippen LogP contribution in [-0.4, -0.2) is 39.0 Å². The number of nitrogens with one attached hydrogen (secondary N) is 2. The molecule has 0 radical (unpaired) electrons. The van der Waals surface area contributed by atoms with Crippen molar-refractivity contribution in [1.29, 1.82) is 0 Å². The standard InChI is InChI=1S/C11H15N5O4/c1-6-13-3-2-7(15-6)5-14-11(20)16-8(10(18)19)4-9(12)17/h2-3,8H,4-5H2,1H3,(H2,12,17)(H,18,19)(H2,14,16,20)/t8-/m0/s1. The van der Waals surface area contributed by atoms with Crippen LogP contribution in [0.2, 0.25) is 0 Å². The molecular formula is C11H15N5O4. The van der Waals surface area contributed by atoms with Gasteiger partial charge in [-0.1, -0.05) is 0 Å². The number of rotatable bonds is 6. The summed E-state index contributed by atoms with van der Waals surface area (Å²) in [6.07, 6.45) is 1.07. The number of urea groups is 1. The number of carboxylic acid groups (broad SMARTS) is 1. The third kappa shape index (κ3) is 5.29. The van der Waals surface area contributed by atoms with Gasteiger partial charge in [0.1, 0.15) is 11.9 Å². The molecule has 1 aromatic rings. The van der Waals surface area contributed by atoms with Crippen molar-refractivity contribution in [1.82, 2.24) is 20.6 Å². The number of aliphatic carboxylic acids is 1. The third-order valence-electron chi connectivity index (χ3n) is 2.27. The van der Waals surface area contributed by atoms with E-state index in [1.807, 2.05) is 0 Å². The molecule has 0 spiro atoms. The van der Waals surface area contributed by atoms with Crippen LogP contribution >= 0.6 is 0 Å². The van der Waals surface area contributed by atoms with Gasteiger partial charge in [0.05, 0.1) is 18.7 Å². The van der Waals surface area contributed by atoms with Crippen molar-refractivity contribution in [3.05, 3.63) is 23.8 Å². The molecule has 9 heteroatoms. The summed E-state index contributed by atoms with van der Waals surface area (Å²) in [5.74, 6) is -1.59. The molecule has 0 saturated heterocycles. The third-order valence-corrected chi connectivity index (χ3v) is 2.27. The Morgan fingerprint density at radius 1 is 1.45 bits per heavy atom. The Kier molecular flexibility index (Phi) is 5.39. The first-order valence-electron chi connectivity index (χ1n) is 5.72. The summed E-state index contributed by atoms with van der Waals surface area (Å²) in [5, 5.41) is 13.4. The topological polar surface area (TPSA) is 147 Å². The Morgan fingerprint density at radius 3 is 2.70 bits per heavy atom. The van der Waals surface area contributed by atoms with E-state index in [0.29, 0.717) is 11.5 Å². The molecule has 0 fully saturated rings. The van der Waals surface area contributed by atoms with E-state index < -0.39 is 30.4 Å². The number of aromatic nitrogens is 2. The van der Waals surface area contributed by atoms with Crippen molar-refractivity contribution in [2.75, 3.05) is 0 Å². The highest BCUT2D eigenvalue weighted by Crippen LogP contribution is 1.95. The van der Waals surface area contributed by atoms with Crippen LogP contribution in [0.15, 0.2) is 12.3 Å². The highest BCUT2D eigenvalue weighted by atomic mass is 16.4. The van der Waals surface area contributed by atoms with Crippen LogP contribution in [0.1, 0.15) is 17.9 Å². The van der Waals surface area contributed by atoms with Crippen LogP contribution in [0.5, 0.6) is 0 Å². The number of carbonyl (C=O) groups is 3. The molecule has 0 aromatic carbocycles. The first kappa shape index (κ1) is 15.3. The minimum absolute atomic E-state index is 0.109. The van der Waals surface area contributed by atoms with Gasteiger partial charge in [-0.05, 0) is 13.0 Å². The zero-order valence-corrected chi connectivity index (χ0v) is 10.8. The summed E-state index contributed by atoms with van der Waals surface area (Å²) in [5.41, 5.74) is 5.48. The smallest absolute Gasteiger partial charge is 0.326 e. The van der Waals surface area contributed by atoms with Crippen molar-refractivity contribution >= 4 is 17.9 Å². The Balaban J connectivity index is 2.49. The molecule has 0 unspecified atom stereocenters. The fraction of sp³-hybridized carbons (Fsp3) is 0.364. The summed E-state index contributed by atoms with van der Waals surface area (Å²) < 4.78 is 0. The number of nitrogens with two attached hydrogens (primary N) is 1. The second kappa shape index (κ2) is 7.02. The van der Waals surface area contributed by atoms with Crippen LogP contribution in [0.3, 0.4) is 0 Å². The SMILES string of the molecule is Cc1nccc(CNC(=O)N[C@@H](CC(N)=O)C(=O)O)n1. The zero-order chi connectivity index (χ0) is 15.1. The molecule has 1 atom stereocenters. The molecule has 1 aromatic heterocycles. The fourth-order valence-electron chi connectivity index (χ4n) is 1.38. The van der Waals surface area contributed by atoms with E-state index in [9.17, 15) is 14.4 Å². The normalized spacial score (nSPS) is 11.4.